The number of rotatable bonds is 5. The third-order valence-corrected chi connectivity index (χ3v) is 14.6. The average Bonchev–Trinajstić information content (AvgIpc) is 3.41. The average molecular weight is 859 g/mol. The van der Waals surface area contributed by atoms with Gasteiger partial charge in [0, 0.05) is 0 Å². The fourth-order valence-electron chi connectivity index (χ4n) is 11.6. The fourth-order valence-corrected chi connectivity index (χ4v) is 11.6. The van der Waals surface area contributed by atoms with E-state index in [4.69, 9.17) is 0 Å². The zero-order valence-electron chi connectivity index (χ0n) is 37.2. The second-order valence-electron chi connectivity index (χ2n) is 18.2. The monoisotopic (exact) mass is 858 g/mol. The molecule has 0 amide bonds. The van der Waals surface area contributed by atoms with Gasteiger partial charge in [0.2, 0.25) is 0 Å². The summed E-state index contributed by atoms with van der Waals surface area (Å²) in [6.07, 6.45) is 0. The van der Waals surface area contributed by atoms with Gasteiger partial charge in [-0.25, -0.2) is 0 Å². The van der Waals surface area contributed by atoms with Crippen molar-refractivity contribution in [2.75, 3.05) is 0 Å². The van der Waals surface area contributed by atoms with Crippen LogP contribution in [-0.2, 0) is 0 Å². The minimum atomic E-state index is 1.20. The molecule has 68 heavy (non-hydrogen) atoms. The quantitative estimate of drug-likeness (QED) is 0.151. The Balaban J connectivity index is 0.978. The highest BCUT2D eigenvalue weighted by molar-refractivity contribution is 6.27. The van der Waals surface area contributed by atoms with Crippen molar-refractivity contribution < 1.29 is 0 Å². The molecule has 0 spiro atoms. The molecule has 14 rings (SSSR count). The minimum absolute atomic E-state index is 1.20. The van der Waals surface area contributed by atoms with Crippen LogP contribution in [0.15, 0.2) is 255 Å². The molecular weight excluding hydrogens is 817 g/mol. The highest BCUT2D eigenvalue weighted by Gasteiger charge is 2.21. The van der Waals surface area contributed by atoms with Crippen molar-refractivity contribution in [3.63, 3.8) is 0 Å². The van der Waals surface area contributed by atoms with Crippen molar-refractivity contribution in [2.24, 2.45) is 0 Å². The molecule has 0 saturated carbocycles. The molecule has 0 radical (unpaired) electrons. The van der Waals surface area contributed by atoms with E-state index in [1.54, 1.807) is 0 Å². The molecule has 314 valence electrons. The Bertz CT molecular complexity index is 3970. The van der Waals surface area contributed by atoms with E-state index < -0.39 is 0 Å². The van der Waals surface area contributed by atoms with Crippen LogP contribution in [0.1, 0.15) is 0 Å². The first-order chi connectivity index (χ1) is 33.8. The number of benzene rings is 14. The first-order valence-corrected chi connectivity index (χ1v) is 23.7. The summed E-state index contributed by atoms with van der Waals surface area (Å²) in [5.41, 5.74) is 12.5. The maximum atomic E-state index is 2.43. The topological polar surface area (TPSA) is 0 Å². The summed E-state index contributed by atoms with van der Waals surface area (Å²) in [4.78, 5) is 0. The van der Waals surface area contributed by atoms with Crippen molar-refractivity contribution in [1.29, 1.82) is 0 Å². The Morgan fingerprint density at radius 1 is 0.147 bits per heavy atom. The van der Waals surface area contributed by atoms with Gasteiger partial charge < -0.3 is 0 Å². The predicted octanol–water partition coefficient (Wildman–Crippen LogP) is 19.2. The molecular formula is C68H42. The van der Waals surface area contributed by atoms with Crippen molar-refractivity contribution in [1.82, 2.24) is 0 Å². The van der Waals surface area contributed by atoms with Crippen LogP contribution >= 0.6 is 0 Å². The third kappa shape index (κ3) is 5.88. The molecule has 0 heterocycles. The van der Waals surface area contributed by atoms with E-state index in [0.29, 0.717) is 0 Å². The van der Waals surface area contributed by atoms with Gasteiger partial charge in [-0.2, -0.15) is 0 Å². The lowest BCUT2D eigenvalue weighted by molar-refractivity contribution is 1.65. The van der Waals surface area contributed by atoms with Crippen LogP contribution in [-0.4, -0.2) is 0 Å². The predicted molar refractivity (Wildman–Crippen MR) is 294 cm³/mol. The van der Waals surface area contributed by atoms with Gasteiger partial charge in [0.1, 0.15) is 0 Å². The zero-order valence-corrected chi connectivity index (χ0v) is 37.2. The molecule has 0 aliphatic heterocycles. The van der Waals surface area contributed by atoms with Crippen LogP contribution in [0.3, 0.4) is 0 Å². The van der Waals surface area contributed by atoms with Crippen molar-refractivity contribution >= 4 is 86.2 Å². The van der Waals surface area contributed by atoms with Gasteiger partial charge in [-0.1, -0.05) is 243 Å². The van der Waals surface area contributed by atoms with E-state index in [1.807, 2.05) is 0 Å². The SMILES string of the molecule is c1ccc2c(-c3c4ccccc4c(-c4cccc5ccc(-c6ccc7cccc(-c8c9ccccc9c(-c9cccc%10ccccc9%10)c9ccccc89)c7c6)cc45)c4ccccc34)cccc2c1. The van der Waals surface area contributed by atoms with Crippen LogP contribution in [0.2, 0.25) is 0 Å². The molecule has 0 bridgehead atoms. The lowest BCUT2D eigenvalue weighted by atomic mass is 9.83. The second-order valence-corrected chi connectivity index (χ2v) is 18.2. The Morgan fingerprint density at radius 3 is 0.662 bits per heavy atom. The highest BCUT2D eigenvalue weighted by atomic mass is 14.2. The normalized spacial score (nSPS) is 11.8. The highest BCUT2D eigenvalue weighted by Crippen LogP contribution is 2.49. The molecule has 0 aliphatic carbocycles. The summed E-state index contributed by atoms with van der Waals surface area (Å²) in [5.74, 6) is 0. The first kappa shape index (κ1) is 38.4. The van der Waals surface area contributed by atoms with Crippen LogP contribution in [0.4, 0.5) is 0 Å². The molecule has 0 aromatic heterocycles. The van der Waals surface area contributed by atoms with E-state index in [9.17, 15) is 0 Å². The van der Waals surface area contributed by atoms with Gasteiger partial charge >= 0.3 is 0 Å². The maximum Gasteiger partial charge on any atom is -0.00201 e. The van der Waals surface area contributed by atoms with Gasteiger partial charge in [0.15, 0.2) is 0 Å². The van der Waals surface area contributed by atoms with E-state index in [2.05, 4.69) is 255 Å². The number of hydrogen-bond acceptors (Lipinski definition) is 0. The molecule has 0 fully saturated rings. The largest absolute Gasteiger partial charge is 0.0616 e. The van der Waals surface area contributed by atoms with Gasteiger partial charge in [-0.05, 0) is 154 Å². The van der Waals surface area contributed by atoms with Crippen LogP contribution in [0.25, 0.3) is 142 Å². The molecule has 0 saturated heterocycles. The van der Waals surface area contributed by atoms with Crippen LogP contribution < -0.4 is 0 Å². The van der Waals surface area contributed by atoms with Gasteiger partial charge in [0.05, 0.1) is 0 Å². The van der Waals surface area contributed by atoms with Crippen molar-refractivity contribution in [3.8, 4) is 55.6 Å². The van der Waals surface area contributed by atoms with E-state index in [1.165, 1.54) is 142 Å². The van der Waals surface area contributed by atoms with E-state index in [-0.39, 0.29) is 0 Å². The number of hydrogen-bond donors (Lipinski definition) is 0. The van der Waals surface area contributed by atoms with Crippen LogP contribution in [0, 0.1) is 0 Å². The van der Waals surface area contributed by atoms with Crippen LogP contribution in [0.5, 0.6) is 0 Å². The molecule has 14 aromatic carbocycles. The van der Waals surface area contributed by atoms with E-state index in [0.717, 1.165) is 0 Å². The van der Waals surface area contributed by atoms with Gasteiger partial charge in [-0.3, -0.25) is 0 Å². The lowest BCUT2D eigenvalue weighted by Crippen LogP contribution is -1.93. The summed E-state index contributed by atoms with van der Waals surface area (Å²) in [7, 11) is 0. The number of fused-ring (bicyclic) bond motifs is 8. The first-order valence-electron chi connectivity index (χ1n) is 23.7. The maximum absolute atomic E-state index is 2.43. The molecule has 0 unspecified atom stereocenters. The van der Waals surface area contributed by atoms with Gasteiger partial charge in [0.25, 0.3) is 0 Å². The lowest BCUT2D eigenvalue weighted by Gasteiger charge is -2.20. The van der Waals surface area contributed by atoms with Crippen molar-refractivity contribution in [2.45, 2.75) is 0 Å². The Morgan fingerprint density at radius 2 is 0.368 bits per heavy atom. The van der Waals surface area contributed by atoms with Gasteiger partial charge in [-0.15, -0.1) is 0 Å². The summed E-state index contributed by atoms with van der Waals surface area (Å²) < 4.78 is 0. The minimum Gasteiger partial charge on any atom is -0.0616 e. The summed E-state index contributed by atoms with van der Waals surface area (Å²) in [6, 6.07) is 94.8. The van der Waals surface area contributed by atoms with E-state index >= 15 is 0 Å². The molecule has 0 N–H and O–H groups in total. The second kappa shape index (κ2) is 15.4. The fraction of sp³-hybridized carbons (Fsp3) is 0. The molecule has 0 aliphatic rings. The smallest absolute Gasteiger partial charge is 0.00201 e. The summed E-state index contributed by atoms with van der Waals surface area (Å²) in [5, 5.41) is 20.1. The summed E-state index contributed by atoms with van der Waals surface area (Å²) in [6.45, 7) is 0. The Hall–Kier alpha value is -8.84. The summed E-state index contributed by atoms with van der Waals surface area (Å²) >= 11 is 0. The van der Waals surface area contributed by atoms with Crippen molar-refractivity contribution in [3.05, 3.63) is 255 Å². The standard InChI is InChI=1S/C68H42/c1-3-23-49-43(17-1)19-13-33-51(49)65-53-25-5-9-29-57(53)67(58-30-10-6-26-54(58)65)61-35-15-21-45-37-39-47(41-63(45)61)48-40-38-46-22-16-36-62(64(46)42-48)68-59-31-11-7-27-55(59)66(56-28-8-12-32-60(56)68)52-34-14-20-44-18-2-4-24-50(44)52/h1-42H. The molecule has 14 aromatic rings. The zero-order chi connectivity index (χ0) is 44.7. The Labute approximate surface area is 394 Å². The molecule has 0 nitrogen and oxygen atoms in total. The molecule has 0 heteroatoms. The third-order valence-electron chi connectivity index (χ3n) is 14.6. The Kier molecular flexibility index (Phi) is 8.69. The molecule has 0 atom stereocenters.